The summed E-state index contributed by atoms with van der Waals surface area (Å²) in [6.07, 6.45) is -0.338. The second-order valence-electron chi connectivity index (χ2n) is 3.59. The quantitative estimate of drug-likeness (QED) is 0.639. The number of aliphatic hydroxyl groups excluding tert-OH is 1. The lowest BCUT2D eigenvalue weighted by Crippen LogP contribution is -2.25. The molecular weight excluding hydrogens is 184 g/mol. The van der Waals surface area contributed by atoms with Gasteiger partial charge in [0.2, 0.25) is 0 Å². The highest BCUT2D eigenvalue weighted by Crippen LogP contribution is 1.98. The standard InChI is InChI=1S/C10H22O4/c1-8(11)5-13-10(3)7-14-9(2)6-12-4/h8-11H,5-7H2,1-4H3/t8-,9+,10+/m0/s1. The molecule has 0 saturated carbocycles. The molecule has 0 radical (unpaired) electrons. The molecule has 4 heteroatoms. The second kappa shape index (κ2) is 8.17. The maximum Gasteiger partial charge on any atom is 0.0781 e. The predicted molar refractivity (Wildman–Crippen MR) is 54.4 cm³/mol. The minimum atomic E-state index is -0.422. The van der Waals surface area contributed by atoms with Crippen LogP contribution in [0.1, 0.15) is 20.8 Å². The van der Waals surface area contributed by atoms with Crippen LogP contribution in [0, 0.1) is 0 Å². The molecule has 0 aromatic rings. The van der Waals surface area contributed by atoms with E-state index in [1.54, 1.807) is 14.0 Å². The number of methoxy groups -OCH3 is 1. The van der Waals surface area contributed by atoms with Gasteiger partial charge in [-0.15, -0.1) is 0 Å². The van der Waals surface area contributed by atoms with E-state index in [0.29, 0.717) is 19.8 Å². The molecule has 0 bridgehead atoms. The molecule has 14 heavy (non-hydrogen) atoms. The van der Waals surface area contributed by atoms with E-state index in [1.807, 2.05) is 13.8 Å². The first-order valence-electron chi connectivity index (χ1n) is 4.96. The van der Waals surface area contributed by atoms with Crippen molar-refractivity contribution in [1.29, 1.82) is 0 Å². The van der Waals surface area contributed by atoms with Crippen LogP contribution in [0.15, 0.2) is 0 Å². The lowest BCUT2D eigenvalue weighted by atomic mass is 10.4. The minimum absolute atomic E-state index is 0.00362. The summed E-state index contributed by atoms with van der Waals surface area (Å²) in [7, 11) is 1.65. The van der Waals surface area contributed by atoms with Crippen LogP contribution in [0.3, 0.4) is 0 Å². The Morgan fingerprint density at radius 2 is 1.43 bits per heavy atom. The van der Waals surface area contributed by atoms with Crippen molar-refractivity contribution in [3.63, 3.8) is 0 Å². The van der Waals surface area contributed by atoms with Crippen LogP contribution < -0.4 is 0 Å². The Kier molecular flexibility index (Phi) is 8.08. The highest BCUT2D eigenvalue weighted by Gasteiger charge is 2.07. The molecule has 0 heterocycles. The Labute approximate surface area is 86.2 Å². The molecule has 1 N–H and O–H groups in total. The van der Waals surface area contributed by atoms with Crippen LogP contribution in [-0.2, 0) is 14.2 Å². The molecule has 3 atom stereocenters. The lowest BCUT2D eigenvalue weighted by Gasteiger charge is -2.17. The molecule has 0 unspecified atom stereocenters. The molecule has 0 amide bonds. The molecule has 86 valence electrons. The van der Waals surface area contributed by atoms with Crippen molar-refractivity contribution < 1.29 is 19.3 Å². The van der Waals surface area contributed by atoms with E-state index in [9.17, 15) is 0 Å². The van der Waals surface area contributed by atoms with Crippen LogP contribution in [0.25, 0.3) is 0 Å². The van der Waals surface area contributed by atoms with Crippen molar-refractivity contribution in [2.75, 3.05) is 26.9 Å². The predicted octanol–water partition coefficient (Wildman–Crippen LogP) is 0.824. The Balaban J connectivity index is 3.38. The molecule has 0 rings (SSSR count). The largest absolute Gasteiger partial charge is 0.391 e. The first kappa shape index (κ1) is 13.8. The van der Waals surface area contributed by atoms with Crippen molar-refractivity contribution in [3.05, 3.63) is 0 Å². The summed E-state index contributed by atoms with van der Waals surface area (Å²) in [5, 5.41) is 8.98. The zero-order valence-electron chi connectivity index (χ0n) is 9.53. The SMILES string of the molecule is COC[C@@H](C)OC[C@@H](C)OC[C@H](C)O. The number of hydrogen-bond acceptors (Lipinski definition) is 4. The zero-order valence-corrected chi connectivity index (χ0v) is 9.53. The van der Waals surface area contributed by atoms with Gasteiger partial charge in [0, 0.05) is 7.11 Å². The topological polar surface area (TPSA) is 47.9 Å². The van der Waals surface area contributed by atoms with Gasteiger partial charge in [-0.1, -0.05) is 0 Å². The summed E-state index contributed by atoms with van der Waals surface area (Å²) in [4.78, 5) is 0. The van der Waals surface area contributed by atoms with E-state index in [-0.39, 0.29) is 12.2 Å². The van der Waals surface area contributed by atoms with Gasteiger partial charge in [0.05, 0.1) is 38.1 Å². The lowest BCUT2D eigenvalue weighted by molar-refractivity contribution is -0.0657. The zero-order chi connectivity index (χ0) is 11.0. The molecule has 0 fully saturated rings. The van der Waals surface area contributed by atoms with E-state index in [1.165, 1.54) is 0 Å². The second-order valence-corrected chi connectivity index (χ2v) is 3.59. The van der Waals surface area contributed by atoms with E-state index in [4.69, 9.17) is 19.3 Å². The van der Waals surface area contributed by atoms with E-state index >= 15 is 0 Å². The third kappa shape index (κ3) is 8.44. The monoisotopic (exact) mass is 206 g/mol. The van der Waals surface area contributed by atoms with Gasteiger partial charge in [0.25, 0.3) is 0 Å². The molecule has 0 aliphatic rings. The Hall–Kier alpha value is -0.160. The Morgan fingerprint density at radius 1 is 0.929 bits per heavy atom. The summed E-state index contributed by atoms with van der Waals surface area (Å²) in [6.45, 7) is 7.03. The fourth-order valence-electron chi connectivity index (χ4n) is 0.934. The molecule has 0 spiro atoms. The highest BCUT2D eigenvalue weighted by molar-refractivity contribution is 4.53. The highest BCUT2D eigenvalue weighted by atomic mass is 16.6. The molecular formula is C10H22O4. The number of hydrogen-bond donors (Lipinski definition) is 1. The van der Waals surface area contributed by atoms with Crippen molar-refractivity contribution in [2.45, 2.75) is 39.1 Å². The maximum atomic E-state index is 8.98. The normalized spacial score (nSPS) is 17.8. The molecule has 0 aliphatic carbocycles. The van der Waals surface area contributed by atoms with Crippen molar-refractivity contribution >= 4 is 0 Å². The number of rotatable bonds is 8. The van der Waals surface area contributed by atoms with Gasteiger partial charge in [0.15, 0.2) is 0 Å². The molecule has 0 aromatic carbocycles. The van der Waals surface area contributed by atoms with Crippen LogP contribution in [0.4, 0.5) is 0 Å². The number of ether oxygens (including phenoxy) is 3. The maximum absolute atomic E-state index is 8.98. The molecule has 0 saturated heterocycles. The molecule has 4 nitrogen and oxygen atoms in total. The van der Waals surface area contributed by atoms with Gasteiger partial charge >= 0.3 is 0 Å². The smallest absolute Gasteiger partial charge is 0.0781 e. The van der Waals surface area contributed by atoms with E-state index < -0.39 is 6.10 Å². The average molecular weight is 206 g/mol. The van der Waals surface area contributed by atoms with Gasteiger partial charge in [0.1, 0.15) is 0 Å². The Morgan fingerprint density at radius 3 is 1.93 bits per heavy atom. The number of aliphatic hydroxyl groups is 1. The van der Waals surface area contributed by atoms with Gasteiger partial charge in [-0.2, -0.15) is 0 Å². The summed E-state index contributed by atoms with van der Waals surface area (Å²) in [6, 6.07) is 0. The van der Waals surface area contributed by atoms with Gasteiger partial charge in [-0.05, 0) is 20.8 Å². The van der Waals surface area contributed by atoms with E-state index in [0.717, 1.165) is 0 Å². The summed E-state index contributed by atoms with van der Waals surface area (Å²) < 4.78 is 15.7. The van der Waals surface area contributed by atoms with Crippen molar-refractivity contribution in [3.8, 4) is 0 Å². The summed E-state index contributed by atoms with van der Waals surface area (Å²) in [5.74, 6) is 0. The first-order valence-corrected chi connectivity index (χ1v) is 4.96. The third-order valence-corrected chi connectivity index (χ3v) is 1.64. The first-order chi connectivity index (χ1) is 6.56. The average Bonchev–Trinajstić information content (AvgIpc) is 2.12. The molecule has 0 aromatic heterocycles. The van der Waals surface area contributed by atoms with Gasteiger partial charge in [-0.3, -0.25) is 0 Å². The van der Waals surface area contributed by atoms with Crippen LogP contribution in [0.2, 0.25) is 0 Å². The van der Waals surface area contributed by atoms with Crippen molar-refractivity contribution in [2.24, 2.45) is 0 Å². The fourth-order valence-corrected chi connectivity index (χ4v) is 0.934. The van der Waals surface area contributed by atoms with Crippen LogP contribution in [0.5, 0.6) is 0 Å². The van der Waals surface area contributed by atoms with Crippen molar-refractivity contribution in [1.82, 2.24) is 0 Å². The summed E-state index contributed by atoms with van der Waals surface area (Å²) >= 11 is 0. The van der Waals surface area contributed by atoms with Gasteiger partial charge < -0.3 is 19.3 Å². The molecule has 0 aliphatic heterocycles. The van der Waals surface area contributed by atoms with E-state index in [2.05, 4.69) is 0 Å². The fraction of sp³-hybridized carbons (Fsp3) is 1.00. The van der Waals surface area contributed by atoms with Crippen LogP contribution >= 0.6 is 0 Å². The third-order valence-electron chi connectivity index (χ3n) is 1.64. The minimum Gasteiger partial charge on any atom is -0.391 e. The van der Waals surface area contributed by atoms with Crippen LogP contribution in [-0.4, -0.2) is 50.3 Å². The Bertz CT molecular complexity index is 127. The summed E-state index contributed by atoms with van der Waals surface area (Å²) in [5.41, 5.74) is 0. The van der Waals surface area contributed by atoms with Gasteiger partial charge in [-0.25, -0.2) is 0 Å².